The predicted molar refractivity (Wildman–Crippen MR) is 81.1 cm³/mol. The van der Waals surface area contributed by atoms with Gasteiger partial charge in [0.2, 0.25) is 0 Å². The SMILES string of the molecule is CC(C)C1CCC(O)C(CCCc2ccccc2)C1. The Kier molecular flexibility index (Phi) is 5.45. The van der Waals surface area contributed by atoms with Crippen LogP contribution in [0.1, 0.15) is 51.5 Å². The third-order valence-corrected chi connectivity index (χ3v) is 4.81. The van der Waals surface area contributed by atoms with Gasteiger partial charge in [0.05, 0.1) is 6.10 Å². The zero-order valence-electron chi connectivity index (χ0n) is 12.4. The number of benzene rings is 1. The van der Waals surface area contributed by atoms with Crippen LogP contribution in [-0.2, 0) is 6.42 Å². The van der Waals surface area contributed by atoms with E-state index in [0.717, 1.165) is 24.7 Å². The molecule has 2 rings (SSSR count). The lowest BCUT2D eigenvalue weighted by Crippen LogP contribution is -2.31. The fraction of sp³-hybridized carbons (Fsp3) is 0.667. The van der Waals surface area contributed by atoms with Gasteiger partial charge in [-0.15, -0.1) is 0 Å². The van der Waals surface area contributed by atoms with Crippen molar-refractivity contribution < 1.29 is 5.11 Å². The van der Waals surface area contributed by atoms with E-state index in [4.69, 9.17) is 0 Å². The fourth-order valence-corrected chi connectivity index (χ4v) is 3.41. The van der Waals surface area contributed by atoms with Crippen molar-refractivity contribution in [1.29, 1.82) is 0 Å². The van der Waals surface area contributed by atoms with Crippen LogP contribution < -0.4 is 0 Å². The fourth-order valence-electron chi connectivity index (χ4n) is 3.41. The van der Waals surface area contributed by atoms with Gasteiger partial charge in [-0.3, -0.25) is 0 Å². The number of hydrogen-bond acceptors (Lipinski definition) is 1. The molecule has 3 atom stereocenters. The van der Waals surface area contributed by atoms with Crippen molar-refractivity contribution in [3.05, 3.63) is 35.9 Å². The van der Waals surface area contributed by atoms with E-state index in [1.165, 1.54) is 31.2 Å². The van der Waals surface area contributed by atoms with Crippen LogP contribution in [0.3, 0.4) is 0 Å². The largest absolute Gasteiger partial charge is 0.393 e. The van der Waals surface area contributed by atoms with E-state index < -0.39 is 0 Å². The zero-order valence-corrected chi connectivity index (χ0v) is 12.4. The van der Waals surface area contributed by atoms with Gasteiger partial charge in [0.15, 0.2) is 0 Å². The minimum absolute atomic E-state index is 0.0502. The topological polar surface area (TPSA) is 20.2 Å². The van der Waals surface area contributed by atoms with E-state index >= 15 is 0 Å². The highest BCUT2D eigenvalue weighted by Crippen LogP contribution is 2.36. The molecule has 1 N–H and O–H groups in total. The monoisotopic (exact) mass is 260 g/mol. The third-order valence-electron chi connectivity index (χ3n) is 4.81. The van der Waals surface area contributed by atoms with Gasteiger partial charge in [-0.2, -0.15) is 0 Å². The molecule has 1 aliphatic carbocycles. The molecule has 1 fully saturated rings. The average Bonchev–Trinajstić information content (AvgIpc) is 2.42. The van der Waals surface area contributed by atoms with Crippen LogP contribution in [0.2, 0.25) is 0 Å². The Hall–Kier alpha value is -0.820. The Labute approximate surface area is 118 Å². The number of rotatable bonds is 5. The first-order valence-corrected chi connectivity index (χ1v) is 7.89. The smallest absolute Gasteiger partial charge is 0.0568 e. The summed E-state index contributed by atoms with van der Waals surface area (Å²) >= 11 is 0. The normalized spacial score (nSPS) is 27.7. The van der Waals surface area contributed by atoms with Gasteiger partial charge in [-0.1, -0.05) is 44.2 Å². The first-order valence-electron chi connectivity index (χ1n) is 7.89. The van der Waals surface area contributed by atoms with Crippen molar-refractivity contribution in [1.82, 2.24) is 0 Å². The van der Waals surface area contributed by atoms with Crippen LogP contribution in [0.4, 0.5) is 0 Å². The van der Waals surface area contributed by atoms with Gasteiger partial charge in [0, 0.05) is 0 Å². The van der Waals surface area contributed by atoms with E-state index in [1.54, 1.807) is 0 Å². The van der Waals surface area contributed by atoms with Crippen molar-refractivity contribution >= 4 is 0 Å². The maximum Gasteiger partial charge on any atom is 0.0568 e. The van der Waals surface area contributed by atoms with E-state index in [9.17, 15) is 5.11 Å². The van der Waals surface area contributed by atoms with Crippen molar-refractivity contribution in [2.24, 2.45) is 17.8 Å². The van der Waals surface area contributed by atoms with Crippen LogP contribution >= 0.6 is 0 Å². The van der Waals surface area contributed by atoms with Crippen molar-refractivity contribution in [2.75, 3.05) is 0 Å². The summed E-state index contributed by atoms with van der Waals surface area (Å²) in [6, 6.07) is 10.7. The Morgan fingerprint density at radius 2 is 1.89 bits per heavy atom. The number of aliphatic hydroxyl groups excluding tert-OH is 1. The number of hydrogen-bond donors (Lipinski definition) is 1. The Morgan fingerprint density at radius 3 is 2.58 bits per heavy atom. The summed E-state index contributed by atoms with van der Waals surface area (Å²) in [7, 11) is 0. The first kappa shape index (κ1) is 14.6. The highest BCUT2D eigenvalue weighted by molar-refractivity contribution is 5.14. The molecular formula is C18H28O. The Bertz CT molecular complexity index is 357. The molecule has 1 aliphatic rings. The molecular weight excluding hydrogens is 232 g/mol. The highest BCUT2D eigenvalue weighted by atomic mass is 16.3. The Morgan fingerprint density at radius 1 is 1.16 bits per heavy atom. The van der Waals surface area contributed by atoms with Gasteiger partial charge in [-0.25, -0.2) is 0 Å². The second kappa shape index (κ2) is 7.09. The molecule has 1 nitrogen and oxygen atoms in total. The molecule has 0 bridgehead atoms. The highest BCUT2D eigenvalue weighted by Gasteiger charge is 2.29. The number of aryl methyl sites for hydroxylation is 1. The molecule has 1 saturated carbocycles. The summed E-state index contributed by atoms with van der Waals surface area (Å²) in [4.78, 5) is 0. The van der Waals surface area contributed by atoms with Gasteiger partial charge in [-0.05, 0) is 61.8 Å². The molecule has 0 amide bonds. The van der Waals surface area contributed by atoms with E-state index in [1.807, 2.05) is 0 Å². The molecule has 1 aromatic carbocycles. The van der Waals surface area contributed by atoms with Crippen LogP contribution in [0.5, 0.6) is 0 Å². The standard InChI is InChI=1S/C18H28O/c1-14(2)16-11-12-18(19)17(13-16)10-6-9-15-7-4-3-5-8-15/h3-5,7-8,14,16-19H,6,9-13H2,1-2H3. The number of aliphatic hydroxyl groups is 1. The molecule has 1 aromatic rings. The summed E-state index contributed by atoms with van der Waals surface area (Å²) in [6.45, 7) is 4.65. The lowest BCUT2D eigenvalue weighted by molar-refractivity contribution is 0.0327. The maximum atomic E-state index is 10.2. The molecule has 106 valence electrons. The minimum atomic E-state index is -0.0502. The second-order valence-corrected chi connectivity index (χ2v) is 6.52. The summed E-state index contributed by atoms with van der Waals surface area (Å²) in [5, 5.41) is 10.2. The Balaban J connectivity index is 1.77. The summed E-state index contributed by atoms with van der Waals surface area (Å²) in [6.07, 6.45) is 6.94. The maximum absolute atomic E-state index is 10.2. The molecule has 0 spiro atoms. The molecule has 0 aliphatic heterocycles. The van der Waals surface area contributed by atoms with E-state index in [0.29, 0.717) is 5.92 Å². The van der Waals surface area contributed by atoms with E-state index in [-0.39, 0.29) is 6.10 Å². The van der Waals surface area contributed by atoms with Crippen LogP contribution in [-0.4, -0.2) is 11.2 Å². The summed E-state index contributed by atoms with van der Waals surface area (Å²) in [5.74, 6) is 2.12. The quantitative estimate of drug-likeness (QED) is 0.829. The van der Waals surface area contributed by atoms with Crippen molar-refractivity contribution in [2.45, 2.75) is 58.5 Å². The lowest BCUT2D eigenvalue weighted by Gasteiger charge is -2.35. The minimum Gasteiger partial charge on any atom is -0.393 e. The second-order valence-electron chi connectivity index (χ2n) is 6.52. The van der Waals surface area contributed by atoms with Gasteiger partial charge in [0.25, 0.3) is 0 Å². The van der Waals surface area contributed by atoms with Crippen LogP contribution in [0, 0.1) is 17.8 Å². The molecule has 0 heterocycles. The van der Waals surface area contributed by atoms with Crippen LogP contribution in [0.15, 0.2) is 30.3 Å². The third kappa shape index (κ3) is 4.35. The van der Waals surface area contributed by atoms with Gasteiger partial charge >= 0.3 is 0 Å². The first-order chi connectivity index (χ1) is 9.16. The molecule has 19 heavy (non-hydrogen) atoms. The molecule has 1 heteroatoms. The molecule has 0 saturated heterocycles. The van der Waals surface area contributed by atoms with Gasteiger partial charge < -0.3 is 5.11 Å². The summed E-state index contributed by atoms with van der Waals surface area (Å²) in [5.41, 5.74) is 1.42. The van der Waals surface area contributed by atoms with E-state index in [2.05, 4.69) is 44.2 Å². The summed E-state index contributed by atoms with van der Waals surface area (Å²) < 4.78 is 0. The predicted octanol–water partition coefficient (Wildman–Crippen LogP) is 4.44. The van der Waals surface area contributed by atoms with Gasteiger partial charge in [0.1, 0.15) is 0 Å². The molecule has 0 aromatic heterocycles. The zero-order chi connectivity index (χ0) is 13.7. The molecule has 3 unspecified atom stereocenters. The average molecular weight is 260 g/mol. The lowest BCUT2D eigenvalue weighted by atomic mass is 9.73. The van der Waals surface area contributed by atoms with Crippen LogP contribution in [0.25, 0.3) is 0 Å². The van der Waals surface area contributed by atoms with Crippen molar-refractivity contribution in [3.8, 4) is 0 Å². The molecule has 0 radical (unpaired) electrons. The van der Waals surface area contributed by atoms with Crippen molar-refractivity contribution in [3.63, 3.8) is 0 Å².